The maximum absolute atomic E-state index is 12.1. The van der Waals surface area contributed by atoms with E-state index in [1.54, 1.807) is 0 Å². The summed E-state index contributed by atoms with van der Waals surface area (Å²) in [5, 5.41) is 22.3. The lowest BCUT2D eigenvalue weighted by Crippen LogP contribution is -2.41. The van der Waals surface area contributed by atoms with Gasteiger partial charge in [0.25, 0.3) is 11.6 Å². The van der Waals surface area contributed by atoms with E-state index < -0.39 is 22.8 Å². The number of nitro groups is 1. The number of nitrogens with one attached hydrogen (secondary N) is 1. The van der Waals surface area contributed by atoms with Crippen molar-refractivity contribution in [3.05, 3.63) is 39.9 Å². The van der Waals surface area contributed by atoms with E-state index in [2.05, 4.69) is 5.32 Å². The lowest BCUT2D eigenvalue weighted by Gasteiger charge is -2.21. The van der Waals surface area contributed by atoms with Crippen LogP contribution in [-0.2, 0) is 4.79 Å². The summed E-state index contributed by atoms with van der Waals surface area (Å²) in [6.45, 7) is 5.94. The predicted molar refractivity (Wildman–Crippen MR) is 80.7 cm³/mol. The van der Waals surface area contributed by atoms with Crippen LogP contribution in [0, 0.1) is 15.5 Å². The molecule has 7 nitrogen and oxygen atoms in total. The standard InChI is InChI=1S/C15H20N2O5/c1-15(2,3)8-7-12(14(19)20)16-13(18)10-5-4-6-11(9-10)17(21)22/h4-6,9,12H,7-8H2,1-3H3,(H,16,18)(H,19,20). The Labute approximate surface area is 128 Å². The van der Waals surface area contributed by atoms with Crippen LogP contribution in [0.25, 0.3) is 0 Å². The van der Waals surface area contributed by atoms with Crippen LogP contribution in [0.15, 0.2) is 24.3 Å². The molecule has 0 aromatic heterocycles. The molecule has 0 heterocycles. The minimum absolute atomic E-state index is 0.0516. The number of carbonyl (C=O) groups excluding carboxylic acids is 1. The van der Waals surface area contributed by atoms with Gasteiger partial charge in [-0.1, -0.05) is 26.8 Å². The Morgan fingerprint density at radius 1 is 1.36 bits per heavy atom. The van der Waals surface area contributed by atoms with Crippen molar-refractivity contribution in [3.63, 3.8) is 0 Å². The molecule has 1 rings (SSSR count). The molecule has 0 spiro atoms. The first-order chi connectivity index (χ1) is 10.1. The first-order valence-electron chi connectivity index (χ1n) is 6.88. The Kier molecular flexibility index (Phi) is 5.62. The SMILES string of the molecule is CC(C)(C)CCC(NC(=O)c1cccc([N+](=O)[O-])c1)C(=O)O. The van der Waals surface area contributed by atoms with Gasteiger partial charge in [-0.2, -0.15) is 0 Å². The Hall–Kier alpha value is -2.44. The van der Waals surface area contributed by atoms with Gasteiger partial charge in [0.2, 0.25) is 0 Å². The van der Waals surface area contributed by atoms with Gasteiger partial charge in [0.05, 0.1) is 4.92 Å². The molecular formula is C15H20N2O5. The van der Waals surface area contributed by atoms with Crippen molar-refractivity contribution in [1.82, 2.24) is 5.32 Å². The van der Waals surface area contributed by atoms with Gasteiger partial charge in [-0.3, -0.25) is 14.9 Å². The van der Waals surface area contributed by atoms with Crippen LogP contribution in [0.3, 0.4) is 0 Å². The van der Waals surface area contributed by atoms with Crippen LogP contribution in [0.2, 0.25) is 0 Å². The van der Waals surface area contributed by atoms with Gasteiger partial charge in [-0.25, -0.2) is 4.79 Å². The zero-order valence-corrected chi connectivity index (χ0v) is 12.8. The fraction of sp³-hybridized carbons (Fsp3) is 0.467. The Morgan fingerprint density at radius 2 is 2.00 bits per heavy atom. The number of non-ortho nitro benzene ring substituents is 1. The Morgan fingerprint density at radius 3 is 2.50 bits per heavy atom. The van der Waals surface area contributed by atoms with E-state index in [1.807, 2.05) is 20.8 Å². The van der Waals surface area contributed by atoms with E-state index in [4.69, 9.17) is 0 Å². The summed E-state index contributed by atoms with van der Waals surface area (Å²) in [7, 11) is 0. The summed E-state index contributed by atoms with van der Waals surface area (Å²) in [4.78, 5) is 33.4. The molecule has 120 valence electrons. The average molecular weight is 308 g/mol. The summed E-state index contributed by atoms with van der Waals surface area (Å²) in [6.07, 6.45) is 0.915. The molecule has 0 radical (unpaired) electrons. The zero-order valence-electron chi connectivity index (χ0n) is 12.8. The molecule has 1 amide bonds. The second kappa shape index (κ2) is 7.02. The maximum Gasteiger partial charge on any atom is 0.326 e. The van der Waals surface area contributed by atoms with Crippen LogP contribution >= 0.6 is 0 Å². The number of aliphatic carboxylic acids is 1. The van der Waals surface area contributed by atoms with Gasteiger partial charge in [-0.15, -0.1) is 0 Å². The maximum atomic E-state index is 12.1. The molecular weight excluding hydrogens is 288 g/mol. The lowest BCUT2D eigenvalue weighted by atomic mass is 9.88. The number of hydrogen-bond donors (Lipinski definition) is 2. The van der Waals surface area contributed by atoms with Crippen LogP contribution < -0.4 is 5.32 Å². The van der Waals surface area contributed by atoms with Crippen molar-refractivity contribution in [2.24, 2.45) is 5.41 Å². The molecule has 0 aliphatic carbocycles. The number of amides is 1. The van der Waals surface area contributed by atoms with E-state index in [0.717, 1.165) is 6.07 Å². The van der Waals surface area contributed by atoms with Crippen LogP contribution in [0.5, 0.6) is 0 Å². The number of benzene rings is 1. The third-order valence-electron chi connectivity index (χ3n) is 3.11. The molecule has 0 fully saturated rings. The van der Waals surface area contributed by atoms with Gasteiger partial charge in [-0.05, 0) is 24.3 Å². The molecule has 0 bridgehead atoms. The summed E-state index contributed by atoms with van der Waals surface area (Å²) in [6, 6.07) is 4.16. The molecule has 1 atom stereocenters. The first kappa shape index (κ1) is 17.6. The third-order valence-corrected chi connectivity index (χ3v) is 3.11. The minimum atomic E-state index is -1.12. The highest BCUT2D eigenvalue weighted by Crippen LogP contribution is 2.22. The van der Waals surface area contributed by atoms with Gasteiger partial charge in [0.1, 0.15) is 6.04 Å². The zero-order chi connectivity index (χ0) is 16.9. The molecule has 1 unspecified atom stereocenters. The van der Waals surface area contributed by atoms with Gasteiger partial charge >= 0.3 is 5.97 Å². The van der Waals surface area contributed by atoms with Gasteiger partial charge in [0.15, 0.2) is 0 Å². The second-order valence-corrected chi connectivity index (χ2v) is 6.27. The van der Waals surface area contributed by atoms with E-state index in [0.29, 0.717) is 12.8 Å². The van der Waals surface area contributed by atoms with Crippen molar-refractivity contribution in [2.45, 2.75) is 39.7 Å². The van der Waals surface area contributed by atoms with Crippen LogP contribution in [0.1, 0.15) is 44.0 Å². The molecule has 0 saturated carbocycles. The molecule has 0 aliphatic rings. The number of hydrogen-bond acceptors (Lipinski definition) is 4. The average Bonchev–Trinajstić information content (AvgIpc) is 2.41. The minimum Gasteiger partial charge on any atom is -0.480 e. The first-order valence-corrected chi connectivity index (χ1v) is 6.88. The normalized spacial score (nSPS) is 12.5. The smallest absolute Gasteiger partial charge is 0.326 e. The second-order valence-electron chi connectivity index (χ2n) is 6.27. The van der Waals surface area contributed by atoms with Crippen molar-refractivity contribution < 1.29 is 19.6 Å². The van der Waals surface area contributed by atoms with Gasteiger partial charge < -0.3 is 10.4 Å². The number of carbonyl (C=O) groups is 2. The molecule has 0 saturated heterocycles. The number of nitrogens with zero attached hydrogens (tertiary/aromatic N) is 1. The van der Waals surface area contributed by atoms with Gasteiger partial charge in [0, 0.05) is 17.7 Å². The molecule has 1 aromatic rings. The highest BCUT2D eigenvalue weighted by atomic mass is 16.6. The predicted octanol–water partition coefficient (Wildman–Crippen LogP) is 2.60. The Balaban J connectivity index is 2.81. The number of rotatable bonds is 6. The summed E-state index contributed by atoms with van der Waals surface area (Å²) >= 11 is 0. The van der Waals surface area contributed by atoms with Crippen LogP contribution in [-0.4, -0.2) is 27.9 Å². The van der Waals surface area contributed by atoms with Crippen molar-refractivity contribution in [2.75, 3.05) is 0 Å². The van der Waals surface area contributed by atoms with E-state index >= 15 is 0 Å². The van der Waals surface area contributed by atoms with Crippen molar-refractivity contribution in [1.29, 1.82) is 0 Å². The largest absolute Gasteiger partial charge is 0.480 e. The molecule has 22 heavy (non-hydrogen) atoms. The summed E-state index contributed by atoms with van der Waals surface area (Å²) in [5.41, 5.74) is -0.199. The number of carboxylic acid groups (broad SMARTS) is 1. The van der Waals surface area contributed by atoms with Crippen molar-refractivity contribution >= 4 is 17.6 Å². The summed E-state index contributed by atoms with van der Waals surface area (Å²) < 4.78 is 0. The topological polar surface area (TPSA) is 110 Å². The monoisotopic (exact) mass is 308 g/mol. The van der Waals surface area contributed by atoms with E-state index in [-0.39, 0.29) is 16.7 Å². The molecule has 7 heteroatoms. The molecule has 0 aliphatic heterocycles. The number of carboxylic acids is 1. The Bertz CT molecular complexity index is 578. The van der Waals surface area contributed by atoms with E-state index in [9.17, 15) is 24.8 Å². The van der Waals surface area contributed by atoms with Crippen LogP contribution in [0.4, 0.5) is 5.69 Å². The third kappa shape index (κ3) is 5.51. The molecule has 2 N–H and O–H groups in total. The lowest BCUT2D eigenvalue weighted by molar-refractivity contribution is -0.384. The quantitative estimate of drug-likeness (QED) is 0.620. The summed E-state index contributed by atoms with van der Waals surface area (Å²) in [5.74, 6) is -1.76. The molecule has 1 aromatic carbocycles. The fourth-order valence-corrected chi connectivity index (χ4v) is 1.84. The van der Waals surface area contributed by atoms with E-state index in [1.165, 1.54) is 18.2 Å². The van der Waals surface area contributed by atoms with Crippen molar-refractivity contribution in [3.8, 4) is 0 Å². The highest BCUT2D eigenvalue weighted by molar-refractivity contribution is 5.97. The highest BCUT2D eigenvalue weighted by Gasteiger charge is 2.23. The fourth-order valence-electron chi connectivity index (χ4n) is 1.84. The number of nitro benzene ring substituents is 1.